The maximum atomic E-state index is 12.0. The molecule has 132 valence electrons. The highest BCUT2D eigenvalue weighted by Crippen LogP contribution is 2.13. The average molecular weight is 359 g/mol. The Morgan fingerprint density at radius 3 is 2.48 bits per heavy atom. The highest BCUT2D eigenvalue weighted by molar-refractivity contribution is 6.30. The molecule has 0 fully saturated rings. The van der Waals surface area contributed by atoms with Crippen LogP contribution in [0.4, 0.5) is 0 Å². The first-order valence-corrected chi connectivity index (χ1v) is 8.88. The number of hydrogen-bond donors (Lipinski definition) is 1. The lowest BCUT2D eigenvalue weighted by atomic mass is 10.2. The van der Waals surface area contributed by atoms with Crippen LogP contribution >= 0.6 is 11.6 Å². The maximum Gasteiger partial charge on any atom is 0.271 e. The van der Waals surface area contributed by atoms with E-state index in [0.29, 0.717) is 17.2 Å². The summed E-state index contributed by atoms with van der Waals surface area (Å²) in [6, 6.07) is 14.3. The second kappa shape index (κ2) is 10.5. The van der Waals surface area contributed by atoms with E-state index >= 15 is 0 Å². The van der Waals surface area contributed by atoms with Gasteiger partial charge in [0.1, 0.15) is 5.75 Å². The number of rotatable bonds is 9. The first-order valence-electron chi connectivity index (χ1n) is 8.51. The van der Waals surface area contributed by atoms with Gasteiger partial charge < -0.3 is 4.74 Å². The van der Waals surface area contributed by atoms with E-state index in [4.69, 9.17) is 16.3 Å². The molecule has 0 bridgehead atoms. The summed E-state index contributed by atoms with van der Waals surface area (Å²) in [6.45, 7) is 2.89. The Bertz CT molecular complexity index is 682. The van der Waals surface area contributed by atoms with E-state index < -0.39 is 0 Å². The van der Waals surface area contributed by atoms with Crippen molar-refractivity contribution in [3.05, 3.63) is 64.7 Å². The maximum absolute atomic E-state index is 12.0. The Morgan fingerprint density at radius 2 is 1.80 bits per heavy atom. The van der Waals surface area contributed by atoms with Crippen molar-refractivity contribution in [3.8, 4) is 5.75 Å². The second-order valence-electron chi connectivity index (χ2n) is 5.68. The molecule has 0 unspecified atom stereocenters. The highest BCUT2D eigenvalue weighted by atomic mass is 35.5. The molecule has 1 N–H and O–H groups in total. The normalized spacial score (nSPS) is 10.8. The zero-order valence-corrected chi connectivity index (χ0v) is 15.1. The molecule has 0 aliphatic carbocycles. The summed E-state index contributed by atoms with van der Waals surface area (Å²) >= 11 is 5.82. The van der Waals surface area contributed by atoms with Gasteiger partial charge in [-0.1, -0.05) is 49.9 Å². The molecule has 0 heterocycles. The number of unbranched alkanes of at least 4 members (excludes halogenated alkanes) is 3. The second-order valence-corrected chi connectivity index (χ2v) is 6.12. The molecule has 0 spiro atoms. The van der Waals surface area contributed by atoms with Crippen molar-refractivity contribution in [1.82, 2.24) is 5.43 Å². The molecule has 25 heavy (non-hydrogen) atoms. The number of benzene rings is 2. The summed E-state index contributed by atoms with van der Waals surface area (Å²) in [5.41, 5.74) is 3.90. The fourth-order valence-electron chi connectivity index (χ4n) is 2.20. The molecule has 2 aromatic carbocycles. The lowest BCUT2D eigenvalue weighted by Crippen LogP contribution is -2.17. The van der Waals surface area contributed by atoms with Crippen LogP contribution in [0.2, 0.25) is 5.02 Å². The summed E-state index contributed by atoms with van der Waals surface area (Å²) in [5.74, 6) is 0.512. The van der Waals surface area contributed by atoms with E-state index in [0.717, 1.165) is 17.7 Å². The SMILES string of the molecule is CCCCCCOc1ccc(C(=O)N/N=C/c2ccc(Cl)cc2)cc1. The van der Waals surface area contributed by atoms with Crippen LogP contribution in [0, 0.1) is 0 Å². The number of halogens is 1. The minimum absolute atomic E-state index is 0.264. The van der Waals surface area contributed by atoms with Crippen LogP contribution in [0.1, 0.15) is 48.5 Å². The smallest absolute Gasteiger partial charge is 0.271 e. The van der Waals surface area contributed by atoms with E-state index in [2.05, 4.69) is 17.5 Å². The van der Waals surface area contributed by atoms with Gasteiger partial charge in [0.05, 0.1) is 12.8 Å². The van der Waals surface area contributed by atoms with Gasteiger partial charge in [0, 0.05) is 10.6 Å². The monoisotopic (exact) mass is 358 g/mol. The highest BCUT2D eigenvalue weighted by Gasteiger charge is 2.04. The molecule has 2 rings (SSSR count). The molecule has 0 atom stereocenters. The van der Waals surface area contributed by atoms with Gasteiger partial charge in [-0.15, -0.1) is 0 Å². The Morgan fingerprint density at radius 1 is 1.08 bits per heavy atom. The number of ether oxygens (including phenoxy) is 1. The third-order valence-electron chi connectivity index (χ3n) is 3.63. The van der Waals surface area contributed by atoms with E-state index in [1.165, 1.54) is 19.3 Å². The molecule has 5 heteroatoms. The van der Waals surface area contributed by atoms with E-state index in [1.54, 1.807) is 42.6 Å². The van der Waals surface area contributed by atoms with Gasteiger partial charge in [0.2, 0.25) is 0 Å². The zero-order valence-electron chi connectivity index (χ0n) is 14.4. The summed E-state index contributed by atoms with van der Waals surface area (Å²) < 4.78 is 5.66. The Hall–Kier alpha value is -2.33. The van der Waals surface area contributed by atoms with Crippen LogP contribution < -0.4 is 10.2 Å². The number of nitrogens with zero attached hydrogens (tertiary/aromatic N) is 1. The number of hydrogen-bond acceptors (Lipinski definition) is 3. The third-order valence-corrected chi connectivity index (χ3v) is 3.88. The Labute approximate surface area is 153 Å². The molecule has 0 saturated carbocycles. The molecule has 0 radical (unpaired) electrons. The number of carbonyl (C=O) groups is 1. The molecule has 1 amide bonds. The van der Waals surface area contributed by atoms with Crippen molar-refractivity contribution >= 4 is 23.7 Å². The third kappa shape index (κ3) is 6.98. The minimum Gasteiger partial charge on any atom is -0.494 e. The lowest BCUT2D eigenvalue weighted by molar-refractivity contribution is 0.0955. The quantitative estimate of drug-likeness (QED) is 0.387. The standard InChI is InChI=1S/C20H23ClN2O2/c1-2-3-4-5-14-25-19-12-8-17(9-13-19)20(24)23-22-15-16-6-10-18(21)11-7-16/h6-13,15H,2-5,14H2,1H3,(H,23,24)/b22-15+. The van der Waals surface area contributed by atoms with Gasteiger partial charge in [0.25, 0.3) is 5.91 Å². The predicted octanol–water partition coefficient (Wildman–Crippen LogP) is 5.06. The zero-order chi connectivity index (χ0) is 17.9. The topological polar surface area (TPSA) is 50.7 Å². The van der Waals surface area contributed by atoms with Crippen molar-refractivity contribution in [3.63, 3.8) is 0 Å². The van der Waals surface area contributed by atoms with E-state index in [9.17, 15) is 4.79 Å². The van der Waals surface area contributed by atoms with Gasteiger partial charge in [0.15, 0.2) is 0 Å². The molecular weight excluding hydrogens is 336 g/mol. The van der Waals surface area contributed by atoms with Crippen LogP contribution in [-0.4, -0.2) is 18.7 Å². The summed E-state index contributed by atoms with van der Waals surface area (Å²) in [4.78, 5) is 12.0. The largest absolute Gasteiger partial charge is 0.494 e. The Kier molecular flexibility index (Phi) is 7.99. The van der Waals surface area contributed by atoms with Gasteiger partial charge in [-0.25, -0.2) is 5.43 Å². The summed E-state index contributed by atoms with van der Waals surface area (Å²) in [6.07, 6.45) is 6.25. The lowest BCUT2D eigenvalue weighted by Gasteiger charge is -2.06. The van der Waals surface area contributed by atoms with Crippen molar-refractivity contribution in [2.24, 2.45) is 5.10 Å². The van der Waals surface area contributed by atoms with Gasteiger partial charge in [-0.05, 0) is 48.4 Å². The number of hydrazone groups is 1. The van der Waals surface area contributed by atoms with Gasteiger partial charge >= 0.3 is 0 Å². The van der Waals surface area contributed by atoms with Crippen molar-refractivity contribution in [2.75, 3.05) is 6.61 Å². The number of carbonyl (C=O) groups excluding carboxylic acids is 1. The first-order chi connectivity index (χ1) is 12.2. The van der Waals surface area contributed by atoms with Crippen molar-refractivity contribution < 1.29 is 9.53 Å². The van der Waals surface area contributed by atoms with Crippen LogP contribution in [0.5, 0.6) is 5.75 Å². The van der Waals surface area contributed by atoms with Gasteiger partial charge in [-0.2, -0.15) is 5.10 Å². The van der Waals surface area contributed by atoms with Gasteiger partial charge in [-0.3, -0.25) is 4.79 Å². The number of amides is 1. The minimum atomic E-state index is -0.264. The molecule has 0 saturated heterocycles. The molecule has 4 nitrogen and oxygen atoms in total. The fourth-order valence-corrected chi connectivity index (χ4v) is 2.33. The molecule has 2 aromatic rings. The van der Waals surface area contributed by atoms with E-state index in [1.807, 2.05) is 12.1 Å². The van der Waals surface area contributed by atoms with E-state index in [-0.39, 0.29) is 5.91 Å². The van der Waals surface area contributed by atoms with Crippen molar-refractivity contribution in [2.45, 2.75) is 32.6 Å². The van der Waals surface area contributed by atoms with Crippen molar-refractivity contribution in [1.29, 1.82) is 0 Å². The Balaban J connectivity index is 1.78. The average Bonchev–Trinajstić information content (AvgIpc) is 2.63. The van der Waals surface area contributed by atoms with Crippen LogP contribution in [0.15, 0.2) is 53.6 Å². The van der Waals surface area contributed by atoms with Crippen LogP contribution in [0.3, 0.4) is 0 Å². The van der Waals surface area contributed by atoms with Crippen LogP contribution in [-0.2, 0) is 0 Å². The summed E-state index contributed by atoms with van der Waals surface area (Å²) in [7, 11) is 0. The first kappa shape index (κ1) is 19.0. The summed E-state index contributed by atoms with van der Waals surface area (Å²) in [5, 5.41) is 4.61. The van der Waals surface area contributed by atoms with Crippen LogP contribution in [0.25, 0.3) is 0 Å². The molecule has 0 aliphatic rings. The number of nitrogens with one attached hydrogen (secondary N) is 1. The molecule has 0 aromatic heterocycles. The molecule has 0 aliphatic heterocycles. The fraction of sp³-hybridized carbons (Fsp3) is 0.300. The predicted molar refractivity (Wildman–Crippen MR) is 103 cm³/mol. The molecular formula is C20H23ClN2O2.